The number of alkyl halides is 3. The molecule has 110 valence electrons. The normalized spacial score (nSPS) is 12.3. The van der Waals surface area contributed by atoms with Gasteiger partial charge >= 0.3 is 6.36 Å². The van der Waals surface area contributed by atoms with Gasteiger partial charge in [-0.05, 0) is 19.1 Å². The second-order valence-electron chi connectivity index (χ2n) is 3.99. The van der Waals surface area contributed by atoms with E-state index in [1.807, 2.05) is 0 Å². The summed E-state index contributed by atoms with van der Waals surface area (Å²) >= 11 is 0. The first-order chi connectivity index (χ1) is 9.85. The van der Waals surface area contributed by atoms with Crippen molar-refractivity contribution in [1.82, 2.24) is 9.97 Å². The third kappa shape index (κ3) is 4.23. The number of hydrogen-bond donors (Lipinski definition) is 0. The predicted molar refractivity (Wildman–Crippen MR) is 67.0 cm³/mol. The van der Waals surface area contributed by atoms with E-state index >= 15 is 0 Å². The van der Waals surface area contributed by atoms with Crippen LogP contribution in [0.25, 0.3) is 0 Å². The molecule has 21 heavy (non-hydrogen) atoms. The summed E-state index contributed by atoms with van der Waals surface area (Å²) in [4.78, 5) is 11.6. The van der Waals surface area contributed by atoms with Crippen LogP contribution in [-0.4, -0.2) is 22.0 Å². The van der Waals surface area contributed by atoms with Gasteiger partial charge in [-0.2, -0.15) is 0 Å². The van der Waals surface area contributed by atoms with Crippen LogP contribution in [0.15, 0.2) is 41.9 Å². The Bertz CT molecular complexity index is 656. The van der Waals surface area contributed by atoms with E-state index < -0.39 is 17.9 Å². The molecular formula is C13H9F4N3O. The van der Waals surface area contributed by atoms with E-state index in [1.54, 1.807) is 6.92 Å². The average molecular weight is 299 g/mol. The van der Waals surface area contributed by atoms with Crippen molar-refractivity contribution in [1.29, 1.82) is 0 Å². The van der Waals surface area contributed by atoms with Crippen LogP contribution < -0.4 is 4.74 Å². The zero-order valence-corrected chi connectivity index (χ0v) is 10.7. The first kappa shape index (κ1) is 14.9. The highest BCUT2D eigenvalue weighted by Gasteiger charge is 2.31. The fourth-order valence-corrected chi connectivity index (χ4v) is 1.51. The van der Waals surface area contributed by atoms with E-state index in [4.69, 9.17) is 0 Å². The number of aliphatic imine (C=N–C) groups is 1. The molecule has 0 bridgehead atoms. The van der Waals surface area contributed by atoms with E-state index in [0.29, 0.717) is 17.3 Å². The number of nitrogens with zero attached hydrogens (tertiary/aromatic N) is 3. The lowest BCUT2D eigenvalue weighted by atomic mass is 10.2. The molecule has 0 aliphatic heterocycles. The van der Waals surface area contributed by atoms with Gasteiger partial charge in [0.25, 0.3) is 0 Å². The number of halogens is 4. The Morgan fingerprint density at radius 1 is 1.19 bits per heavy atom. The Hall–Kier alpha value is -2.51. The van der Waals surface area contributed by atoms with Crippen molar-refractivity contribution >= 4 is 11.4 Å². The molecule has 0 saturated carbocycles. The fraction of sp³-hybridized carbons (Fsp3) is 0.154. The molecule has 0 fully saturated rings. The molecule has 0 aliphatic carbocycles. The van der Waals surface area contributed by atoms with Crippen molar-refractivity contribution in [3.63, 3.8) is 0 Å². The van der Waals surface area contributed by atoms with Gasteiger partial charge < -0.3 is 4.74 Å². The smallest absolute Gasteiger partial charge is 0.406 e. The highest BCUT2D eigenvalue weighted by Crippen LogP contribution is 2.28. The third-order valence-electron chi connectivity index (χ3n) is 2.42. The molecule has 8 heteroatoms. The Kier molecular flexibility index (Phi) is 4.15. The summed E-state index contributed by atoms with van der Waals surface area (Å²) in [5, 5.41) is 0. The summed E-state index contributed by atoms with van der Waals surface area (Å²) in [5.41, 5.74) is 0.900. The van der Waals surface area contributed by atoms with Gasteiger partial charge in [-0.25, -0.2) is 19.4 Å². The van der Waals surface area contributed by atoms with Crippen LogP contribution in [0.4, 0.5) is 23.2 Å². The molecule has 0 amide bonds. The summed E-state index contributed by atoms with van der Waals surface area (Å²) in [6, 6.07) is 2.72. The minimum Gasteiger partial charge on any atom is -0.406 e. The second-order valence-corrected chi connectivity index (χ2v) is 3.99. The largest absolute Gasteiger partial charge is 0.573 e. The Labute approximate surface area is 117 Å². The van der Waals surface area contributed by atoms with E-state index in [2.05, 4.69) is 19.7 Å². The first-order valence-electron chi connectivity index (χ1n) is 5.71. The maximum atomic E-state index is 13.7. The van der Waals surface area contributed by atoms with Crippen molar-refractivity contribution in [2.45, 2.75) is 13.3 Å². The molecule has 4 nitrogen and oxygen atoms in total. The average Bonchev–Trinajstić information content (AvgIpc) is 2.41. The van der Waals surface area contributed by atoms with E-state index in [1.165, 1.54) is 18.7 Å². The summed E-state index contributed by atoms with van der Waals surface area (Å²) in [6.45, 7) is 1.61. The maximum Gasteiger partial charge on any atom is 0.573 e. The van der Waals surface area contributed by atoms with Crippen LogP contribution >= 0.6 is 0 Å². The Balaban J connectivity index is 2.26. The number of rotatable bonds is 3. The fourth-order valence-electron chi connectivity index (χ4n) is 1.51. The number of aromatic nitrogens is 2. The molecule has 0 aliphatic rings. The van der Waals surface area contributed by atoms with Crippen molar-refractivity contribution in [2.24, 2.45) is 4.99 Å². The van der Waals surface area contributed by atoms with E-state index in [0.717, 1.165) is 12.1 Å². The molecule has 0 radical (unpaired) electrons. The predicted octanol–water partition coefficient (Wildman–Crippen LogP) is 3.66. The third-order valence-corrected chi connectivity index (χ3v) is 2.42. The molecule has 0 saturated heterocycles. The van der Waals surface area contributed by atoms with Gasteiger partial charge in [-0.1, -0.05) is 0 Å². The second kappa shape index (κ2) is 5.86. The molecule has 0 unspecified atom stereocenters. The molecule has 0 N–H and O–H groups in total. The topological polar surface area (TPSA) is 47.4 Å². The van der Waals surface area contributed by atoms with Crippen LogP contribution in [0.1, 0.15) is 12.5 Å². The molecule has 1 aromatic carbocycles. The van der Waals surface area contributed by atoms with Gasteiger partial charge in [0.2, 0.25) is 0 Å². The van der Waals surface area contributed by atoms with E-state index in [-0.39, 0.29) is 5.69 Å². The van der Waals surface area contributed by atoms with Crippen LogP contribution in [-0.2, 0) is 0 Å². The van der Waals surface area contributed by atoms with Gasteiger partial charge in [-0.3, -0.25) is 0 Å². The van der Waals surface area contributed by atoms with Crippen LogP contribution in [0.2, 0.25) is 0 Å². The molecule has 0 atom stereocenters. The van der Waals surface area contributed by atoms with Crippen molar-refractivity contribution in [2.75, 3.05) is 0 Å². The highest BCUT2D eigenvalue weighted by atomic mass is 19.4. The van der Waals surface area contributed by atoms with Crippen molar-refractivity contribution in [3.8, 4) is 5.75 Å². The lowest BCUT2D eigenvalue weighted by Gasteiger charge is -2.09. The maximum absolute atomic E-state index is 13.7. The van der Waals surface area contributed by atoms with Crippen LogP contribution in [0.3, 0.4) is 0 Å². The summed E-state index contributed by atoms with van der Waals surface area (Å²) in [5.74, 6) is -1.56. The zero-order chi connectivity index (χ0) is 15.5. The van der Waals surface area contributed by atoms with Gasteiger partial charge in [0.05, 0.1) is 5.69 Å². The highest BCUT2D eigenvalue weighted by molar-refractivity contribution is 5.99. The quantitative estimate of drug-likeness (QED) is 0.642. The monoisotopic (exact) mass is 299 g/mol. The molecule has 0 spiro atoms. The molecular weight excluding hydrogens is 290 g/mol. The molecule has 1 aromatic heterocycles. The first-order valence-corrected chi connectivity index (χ1v) is 5.71. The Morgan fingerprint density at radius 3 is 2.43 bits per heavy atom. The van der Waals surface area contributed by atoms with Crippen molar-refractivity contribution in [3.05, 3.63) is 48.3 Å². The van der Waals surface area contributed by atoms with Crippen LogP contribution in [0.5, 0.6) is 5.75 Å². The molecule has 1 heterocycles. The van der Waals surface area contributed by atoms with E-state index in [9.17, 15) is 17.6 Å². The van der Waals surface area contributed by atoms with Gasteiger partial charge in [0.1, 0.15) is 12.1 Å². The van der Waals surface area contributed by atoms with Gasteiger partial charge in [0.15, 0.2) is 5.82 Å². The number of ether oxygens (including phenoxy) is 1. The van der Waals surface area contributed by atoms with Crippen molar-refractivity contribution < 1.29 is 22.3 Å². The minimum atomic E-state index is -4.87. The summed E-state index contributed by atoms with van der Waals surface area (Å²) in [6.07, 6.45) is -0.551. The zero-order valence-electron chi connectivity index (χ0n) is 10.7. The summed E-state index contributed by atoms with van der Waals surface area (Å²) in [7, 11) is 0. The Morgan fingerprint density at radius 2 is 1.86 bits per heavy atom. The molecule has 2 rings (SSSR count). The molecule has 2 aromatic rings. The SMILES string of the molecule is CC(=Nc1ccc(OC(F)(F)F)cc1F)c1cncnc1. The number of hydrogen-bond acceptors (Lipinski definition) is 4. The lowest BCUT2D eigenvalue weighted by Crippen LogP contribution is -2.17. The number of benzene rings is 1. The summed E-state index contributed by atoms with van der Waals surface area (Å²) < 4.78 is 53.4. The minimum absolute atomic E-state index is 0.106. The lowest BCUT2D eigenvalue weighted by molar-refractivity contribution is -0.274. The van der Waals surface area contributed by atoms with Crippen LogP contribution in [0, 0.1) is 5.82 Å². The van der Waals surface area contributed by atoms with Gasteiger partial charge in [-0.15, -0.1) is 13.2 Å². The van der Waals surface area contributed by atoms with Gasteiger partial charge in [0, 0.05) is 29.7 Å². The standard InChI is InChI=1S/C13H9F4N3O/c1-8(9-5-18-7-19-6-9)20-12-3-2-10(4-11(12)14)21-13(15,16)17/h2-7H,1H3.